The average Bonchev–Trinajstić information content (AvgIpc) is 3.23. The number of rotatable bonds is 3. The zero-order valence-electron chi connectivity index (χ0n) is 15.6. The molecular formula is C22H28N2S. The van der Waals surface area contributed by atoms with E-state index in [-0.39, 0.29) is 11.0 Å². The summed E-state index contributed by atoms with van der Waals surface area (Å²) in [5, 5.41) is 7.30. The van der Waals surface area contributed by atoms with Gasteiger partial charge >= 0.3 is 0 Å². The molecule has 1 aromatic carbocycles. The minimum absolute atomic E-state index is 0.0281. The Hall–Kier alpha value is -1.58. The normalized spacial score (nSPS) is 26.2. The molecule has 0 radical (unpaired) electrons. The van der Waals surface area contributed by atoms with Crippen molar-refractivity contribution < 1.29 is 0 Å². The highest BCUT2D eigenvalue weighted by molar-refractivity contribution is 7.10. The zero-order chi connectivity index (χ0) is 17.7. The van der Waals surface area contributed by atoms with Crippen molar-refractivity contribution in [3.05, 3.63) is 57.9 Å². The van der Waals surface area contributed by atoms with Crippen molar-refractivity contribution in [2.24, 2.45) is 5.41 Å². The number of hydrogen-bond acceptors (Lipinski definition) is 2. The van der Waals surface area contributed by atoms with Crippen LogP contribution in [0.5, 0.6) is 0 Å². The van der Waals surface area contributed by atoms with Gasteiger partial charge in [-0.3, -0.25) is 0 Å². The highest BCUT2D eigenvalue weighted by Crippen LogP contribution is 2.54. The lowest BCUT2D eigenvalue weighted by Gasteiger charge is -2.49. The second kappa shape index (κ2) is 6.00. The molecule has 0 saturated heterocycles. The van der Waals surface area contributed by atoms with Crippen molar-refractivity contribution >= 4 is 22.2 Å². The molecule has 1 aliphatic carbocycles. The molecule has 0 amide bonds. The summed E-state index contributed by atoms with van der Waals surface area (Å²) in [5.41, 5.74) is 4.32. The third-order valence-electron chi connectivity index (χ3n) is 6.37. The third kappa shape index (κ3) is 2.65. The molecule has 4 rings (SSSR count). The first kappa shape index (κ1) is 16.9. The van der Waals surface area contributed by atoms with E-state index in [0.29, 0.717) is 5.92 Å². The molecule has 0 spiro atoms. The third-order valence-corrected chi connectivity index (χ3v) is 7.36. The predicted octanol–water partition coefficient (Wildman–Crippen LogP) is 5.95. The van der Waals surface area contributed by atoms with Gasteiger partial charge in [0.05, 0.1) is 5.54 Å². The van der Waals surface area contributed by atoms with E-state index in [1.54, 1.807) is 4.88 Å². The highest BCUT2D eigenvalue weighted by Gasteiger charge is 2.47. The van der Waals surface area contributed by atoms with E-state index in [1.165, 1.54) is 35.0 Å². The summed E-state index contributed by atoms with van der Waals surface area (Å²) < 4.78 is 0. The molecule has 2 heterocycles. The monoisotopic (exact) mass is 352 g/mol. The summed E-state index contributed by atoms with van der Waals surface area (Å²) in [6.45, 7) is 7.16. The fraction of sp³-hybridized carbons (Fsp3) is 0.455. The Kier molecular flexibility index (Phi) is 4.04. The molecule has 1 aliphatic rings. The van der Waals surface area contributed by atoms with Crippen molar-refractivity contribution in [3.63, 3.8) is 0 Å². The molecule has 0 aliphatic heterocycles. The molecular weight excluding hydrogens is 324 g/mol. The standard InChI is InChI=1S/C22H28N2S/c1-15-16-8-5-6-9-18(16)24-20(15)22(23-4)12-11-17(21(2,3)14-22)19-10-7-13-25-19/h5-10,13,17,23-24H,11-12,14H2,1-4H3. The van der Waals surface area contributed by atoms with E-state index >= 15 is 0 Å². The van der Waals surface area contributed by atoms with Gasteiger partial charge in [0.25, 0.3) is 0 Å². The summed E-state index contributed by atoms with van der Waals surface area (Å²) in [6, 6.07) is 13.2. The molecule has 2 unspecified atom stereocenters. The van der Waals surface area contributed by atoms with Gasteiger partial charge in [-0.25, -0.2) is 0 Å². The van der Waals surface area contributed by atoms with Gasteiger partial charge in [0.1, 0.15) is 0 Å². The SMILES string of the molecule is CNC1(c2[nH]c3ccccc3c2C)CCC(c2cccs2)C(C)(C)C1. The number of aromatic amines is 1. The van der Waals surface area contributed by atoms with Gasteiger partial charge in [-0.05, 0) is 67.6 Å². The largest absolute Gasteiger partial charge is 0.357 e. The second-order valence-corrected chi connectivity index (χ2v) is 9.25. The number of hydrogen-bond donors (Lipinski definition) is 2. The number of aryl methyl sites for hydroxylation is 1. The maximum atomic E-state index is 3.75. The lowest BCUT2D eigenvalue weighted by Crippen LogP contribution is -2.49. The number of nitrogens with one attached hydrogen (secondary N) is 2. The lowest BCUT2D eigenvalue weighted by molar-refractivity contribution is 0.0970. The van der Waals surface area contributed by atoms with Crippen LogP contribution in [0.1, 0.15) is 55.2 Å². The first-order valence-electron chi connectivity index (χ1n) is 9.27. The summed E-state index contributed by atoms with van der Waals surface area (Å²) in [5.74, 6) is 0.652. The van der Waals surface area contributed by atoms with Gasteiger partial charge in [0.2, 0.25) is 0 Å². The minimum Gasteiger partial charge on any atom is -0.357 e. The predicted molar refractivity (Wildman–Crippen MR) is 108 cm³/mol. The number of para-hydroxylation sites is 1. The zero-order valence-corrected chi connectivity index (χ0v) is 16.5. The van der Waals surface area contributed by atoms with Gasteiger partial charge in [0.15, 0.2) is 0 Å². The van der Waals surface area contributed by atoms with Crippen molar-refractivity contribution in [1.29, 1.82) is 0 Å². The molecule has 3 heteroatoms. The van der Waals surface area contributed by atoms with E-state index in [0.717, 1.165) is 6.42 Å². The second-order valence-electron chi connectivity index (χ2n) is 8.27. The van der Waals surface area contributed by atoms with Gasteiger partial charge < -0.3 is 10.3 Å². The number of aromatic nitrogens is 1. The van der Waals surface area contributed by atoms with Crippen molar-refractivity contribution in [2.45, 2.75) is 51.5 Å². The molecule has 2 N–H and O–H groups in total. The lowest BCUT2D eigenvalue weighted by atomic mass is 9.60. The minimum atomic E-state index is 0.0281. The smallest absolute Gasteiger partial charge is 0.0592 e. The molecule has 2 aromatic heterocycles. The van der Waals surface area contributed by atoms with Gasteiger partial charge in [-0.2, -0.15) is 0 Å². The summed E-state index contributed by atoms with van der Waals surface area (Å²) >= 11 is 1.91. The molecule has 0 bridgehead atoms. The molecule has 1 fully saturated rings. The summed E-state index contributed by atoms with van der Waals surface area (Å²) in [6.07, 6.45) is 3.54. The van der Waals surface area contributed by atoms with Crippen LogP contribution in [0.3, 0.4) is 0 Å². The van der Waals surface area contributed by atoms with Crippen LogP contribution in [0.15, 0.2) is 41.8 Å². The van der Waals surface area contributed by atoms with Crippen molar-refractivity contribution in [2.75, 3.05) is 7.05 Å². The molecule has 1 saturated carbocycles. The van der Waals surface area contributed by atoms with Crippen LogP contribution in [0.4, 0.5) is 0 Å². The van der Waals surface area contributed by atoms with Crippen LogP contribution in [-0.2, 0) is 5.54 Å². The Bertz CT molecular complexity index is 875. The molecule has 3 aromatic rings. The highest BCUT2D eigenvalue weighted by atomic mass is 32.1. The van der Waals surface area contributed by atoms with Gasteiger partial charge in [-0.1, -0.05) is 38.1 Å². The average molecular weight is 353 g/mol. The molecule has 2 atom stereocenters. The van der Waals surface area contributed by atoms with E-state index in [2.05, 4.69) is 79.9 Å². The number of benzene rings is 1. The fourth-order valence-electron chi connectivity index (χ4n) is 5.10. The van der Waals surface area contributed by atoms with Crippen LogP contribution >= 0.6 is 11.3 Å². The maximum Gasteiger partial charge on any atom is 0.0592 e. The van der Waals surface area contributed by atoms with Crippen molar-refractivity contribution in [3.8, 4) is 0 Å². The Labute approximate surface area is 154 Å². The first-order valence-corrected chi connectivity index (χ1v) is 10.1. The van der Waals surface area contributed by atoms with Crippen LogP contribution in [0, 0.1) is 12.3 Å². The van der Waals surface area contributed by atoms with E-state index in [9.17, 15) is 0 Å². The topological polar surface area (TPSA) is 27.8 Å². The Morgan fingerprint density at radius 3 is 2.60 bits per heavy atom. The van der Waals surface area contributed by atoms with Crippen LogP contribution < -0.4 is 5.32 Å². The van der Waals surface area contributed by atoms with E-state index in [4.69, 9.17) is 0 Å². The van der Waals surface area contributed by atoms with E-state index in [1.807, 2.05) is 11.3 Å². The maximum absolute atomic E-state index is 3.75. The van der Waals surface area contributed by atoms with Crippen LogP contribution in [0.2, 0.25) is 0 Å². The number of fused-ring (bicyclic) bond motifs is 1. The van der Waals surface area contributed by atoms with Gasteiger partial charge in [-0.15, -0.1) is 11.3 Å². The fourth-order valence-corrected chi connectivity index (χ4v) is 6.17. The van der Waals surface area contributed by atoms with Gasteiger partial charge in [0, 0.05) is 21.5 Å². The summed E-state index contributed by atoms with van der Waals surface area (Å²) in [4.78, 5) is 5.30. The molecule has 2 nitrogen and oxygen atoms in total. The van der Waals surface area contributed by atoms with Crippen molar-refractivity contribution in [1.82, 2.24) is 10.3 Å². The number of thiophene rings is 1. The number of H-pyrrole nitrogens is 1. The van der Waals surface area contributed by atoms with Crippen LogP contribution in [-0.4, -0.2) is 12.0 Å². The van der Waals surface area contributed by atoms with E-state index < -0.39 is 0 Å². The Balaban J connectivity index is 1.76. The Morgan fingerprint density at radius 2 is 1.96 bits per heavy atom. The first-order chi connectivity index (χ1) is 12.0. The molecule has 25 heavy (non-hydrogen) atoms. The molecule has 132 valence electrons. The Morgan fingerprint density at radius 1 is 1.16 bits per heavy atom. The quantitative estimate of drug-likeness (QED) is 0.599. The summed E-state index contributed by atoms with van der Waals surface area (Å²) in [7, 11) is 2.13. The van der Waals surface area contributed by atoms with Crippen LogP contribution in [0.25, 0.3) is 10.9 Å².